The van der Waals surface area contributed by atoms with Gasteiger partial charge in [0, 0.05) is 23.0 Å². The Kier molecular flexibility index (Phi) is 6.81. The zero-order valence-electron chi connectivity index (χ0n) is 21.3. The van der Waals surface area contributed by atoms with Crippen LogP contribution >= 0.6 is 0 Å². The number of nitrogens with zero attached hydrogens (tertiary/aromatic N) is 3. The third-order valence-electron chi connectivity index (χ3n) is 6.58. The van der Waals surface area contributed by atoms with Gasteiger partial charge in [-0.15, -0.1) is 0 Å². The zero-order chi connectivity index (χ0) is 25.7. The molecule has 0 bridgehead atoms. The molecule has 1 aliphatic rings. The SMILES string of the molecule is CCCCN1C(OB(Oc2ccc3ccccc3n2)Oc2ccc3ccccc3n2)=CCc2ccccc21. The van der Waals surface area contributed by atoms with E-state index in [9.17, 15) is 0 Å². The number of para-hydroxylation sites is 3. The number of allylic oxidation sites excluding steroid dienone is 1. The molecule has 38 heavy (non-hydrogen) atoms. The smallest absolute Gasteiger partial charge is 0.476 e. The first-order valence-corrected chi connectivity index (χ1v) is 13.0. The molecule has 5 aromatic rings. The van der Waals surface area contributed by atoms with Gasteiger partial charge >= 0.3 is 7.32 Å². The third kappa shape index (κ3) is 5.14. The minimum absolute atomic E-state index is 0.409. The summed E-state index contributed by atoms with van der Waals surface area (Å²) in [6.45, 7) is 3.01. The van der Waals surface area contributed by atoms with Crippen LogP contribution in [0.3, 0.4) is 0 Å². The van der Waals surface area contributed by atoms with Crippen molar-refractivity contribution in [3.8, 4) is 11.8 Å². The van der Waals surface area contributed by atoms with Gasteiger partial charge in [-0.2, -0.15) is 0 Å². The number of pyridine rings is 2. The molecule has 0 fully saturated rings. The summed E-state index contributed by atoms with van der Waals surface area (Å²) < 4.78 is 18.9. The van der Waals surface area contributed by atoms with E-state index in [0.29, 0.717) is 17.6 Å². The van der Waals surface area contributed by atoms with E-state index in [1.165, 1.54) is 5.56 Å². The number of unbranched alkanes of at least 4 members (excludes halogenated alkanes) is 1. The second-order valence-corrected chi connectivity index (χ2v) is 9.21. The van der Waals surface area contributed by atoms with Crippen LogP contribution in [0, 0.1) is 0 Å². The highest BCUT2D eigenvalue weighted by molar-refractivity contribution is 6.39. The van der Waals surface area contributed by atoms with Crippen molar-refractivity contribution in [1.29, 1.82) is 0 Å². The van der Waals surface area contributed by atoms with Crippen LogP contribution in [0.2, 0.25) is 0 Å². The summed E-state index contributed by atoms with van der Waals surface area (Å²) in [5.74, 6) is 1.52. The molecular weight excluding hydrogens is 473 g/mol. The zero-order valence-corrected chi connectivity index (χ0v) is 21.3. The average molecular weight is 501 g/mol. The maximum atomic E-state index is 6.45. The van der Waals surface area contributed by atoms with Gasteiger partial charge in [0.2, 0.25) is 11.8 Å². The Balaban J connectivity index is 1.32. The van der Waals surface area contributed by atoms with Gasteiger partial charge in [0.1, 0.15) is 0 Å². The number of rotatable bonds is 9. The number of fused-ring (bicyclic) bond motifs is 3. The predicted molar refractivity (Wildman–Crippen MR) is 152 cm³/mol. The second-order valence-electron chi connectivity index (χ2n) is 9.21. The molecule has 3 heterocycles. The molecule has 3 aromatic carbocycles. The molecule has 1 aliphatic heterocycles. The average Bonchev–Trinajstić information content (AvgIpc) is 2.96. The summed E-state index contributed by atoms with van der Waals surface area (Å²) in [6.07, 6.45) is 4.95. The van der Waals surface area contributed by atoms with Crippen molar-refractivity contribution in [3.63, 3.8) is 0 Å². The first kappa shape index (κ1) is 23.9. The minimum Gasteiger partial charge on any atom is -0.476 e. The largest absolute Gasteiger partial charge is 0.867 e. The van der Waals surface area contributed by atoms with E-state index < -0.39 is 7.32 Å². The topological polar surface area (TPSA) is 56.7 Å². The van der Waals surface area contributed by atoms with Gasteiger partial charge in [0.25, 0.3) is 0 Å². The van der Waals surface area contributed by atoms with Crippen molar-refractivity contribution in [3.05, 3.63) is 115 Å². The summed E-state index contributed by atoms with van der Waals surface area (Å²) in [5.41, 5.74) is 4.08. The molecule has 6 nitrogen and oxygen atoms in total. The van der Waals surface area contributed by atoms with E-state index in [0.717, 1.165) is 53.3 Å². The van der Waals surface area contributed by atoms with Gasteiger partial charge in [-0.25, -0.2) is 9.97 Å². The lowest BCUT2D eigenvalue weighted by atomic mass is 10.0. The Hall–Kier alpha value is -4.52. The summed E-state index contributed by atoms with van der Waals surface area (Å²) >= 11 is 0. The Morgan fingerprint density at radius 2 is 1.32 bits per heavy atom. The Morgan fingerprint density at radius 1 is 0.711 bits per heavy atom. The van der Waals surface area contributed by atoms with Crippen molar-refractivity contribution in [2.75, 3.05) is 11.4 Å². The van der Waals surface area contributed by atoms with E-state index in [1.807, 2.05) is 72.8 Å². The number of aromatic nitrogens is 2. The molecular formula is C31H28BN3O3. The number of hydrogen-bond acceptors (Lipinski definition) is 6. The molecule has 0 spiro atoms. The van der Waals surface area contributed by atoms with E-state index >= 15 is 0 Å². The lowest BCUT2D eigenvalue weighted by Crippen LogP contribution is -2.39. The molecule has 0 radical (unpaired) electrons. The molecule has 188 valence electrons. The number of anilines is 1. The van der Waals surface area contributed by atoms with Crippen LogP contribution in [0.1, 0.15) is 25.3 Å². The lowest BCUT2D eigenvalue weighted by molar-refractivity contribution is 0.241. The fourth-order valence-electron chi connectivity index (χ4n) is 4.63. The summed E-state index contributed by atoms with van der Waals surface area (Å²) in [4.78, 5) is 11.5. The molecule has 0 saturated carbocycles. The predicted octanol–water partition coefficient (Wildman–Crippen LogP) is 6.95. The fourth-order valence-corrected chi connectivity index (χ4v) is 4.63. The minimum atomic E-state index is -1.10. The Bertz CT molecular complexity index is 1530. The van der Waals surface area contributed by atoms with Gasteiger partial charge in [0.05, 0.1) is 11.0 Å². The van der Waals surface area contributed by atoms with Crippen molar-refractivity contribution >= 4 is 34.8 Å². The van der Waals surface area contributed by atoms with E-state index in [1.54, 1.807) is 0 Å². The first-order valence-electron chi connectivity index (χ1n) is 13.0. The summed E-state index contributed by atoms with van der Waals surface area (Å²) in [6, 6.07) is 31.9. The maximum Gasteiger partial charge on any atom is 0.867 e. The molecule has 7 heteroatoms. The highest BCUT2D eigenvalue weighted by atomic mass is 16.7. The number of hydrogen-bond donors (Lipinski definition) is 0. The molecule has 0 amide bonds. The van der Waals surface area contributed by atoms with Gasteiger partial charge in [0.15, 0.2) is 5.88 Å². The van der Waals surface area contributed by atoms with Crippen LogP contribution in [-0.2, 0) is 11.1 Å². The van der Waals surface area contributed by atoms with Crippen LogP contribution < -0.4 is 14.2 Å². The van der Waals surface area contributed by atoms with E-state index in [2.05, 4.69) is 52.1 Å². The molecule has 2 aromatic heterocycles. The fraction of sp³-hybridized carbons (Fsp3) is 0.161. The summed E-state index contributed by atoms with van der Waals surface area (Å²) in [5, 5.41) is 2.07. The van der Waals surface area contributed by atoms with Gasteiger partial charge in [-0.3, -0.25) is 0 Å². The highest BCUT2D eigenvalue weighted by Crippen LogP contribution is 2.31. The van der Waals surface area contributed by atoms with E-state index in [-0.39, 0.29) is 0 Å². The second kappa shape index (κ2) is 10.8. The van der Waals surface area contributed by atoms with Gasteiger partial charge in [-0.05, 0) is 66.9 Å². The monoisotopic (exact) mass is 501 g/mol. The van der Waals surface area contributed by atoms with Crippen LogP contribution in [0.5, 0.6) is 11.8 Å². The van der Waals surface area contributed by atoms with Crippen molar-refractivity contribution in [2.45, 2.75) is 26.2 Å². The molecule has 0 saturated heterocycles. The van der Waals surface area contributed by atoms with Gasteiger partial charge in [-0.1, -0.05) is 67.9 Å². The van der Waals surface area contributed by atoms with E-state index in [4.69, 9.17) is 14.0 Å². The van der Waals surface area contributed by atoms with Gasteiger partial charge < -0.3 is 18.9 Å². The standard InChI is InChI=1S/C31H28BN3O3/c1-2-3-22-35-28-15-9-6-12-25(28)18-21-31(35)38-32(36-29-19-16-23-10-4-7-13-26(23)33-29)37-30-20-17-24-11-5-8-14-27(24)34-30/h4-17,19-21H,2-3,18,22H2,1H3. The normalized spacial score (nSPS) is 12.7. The molecule has 0 aliphatic carbocycles. The molecule has 0 atom stereocenters. The van der Waals surface area contributed by atoms with Crippen molar-refractivity contribution in [1.82, 2.24) is 9.97 Å². The van der Waals surface area contributed by atoms with Crippen molar-refractivity contribution in [2.24, 2.45) is 0 Å². The van der Waals surface area contributed by atoms with Crippen LogP contribution in [0.25, 0.3) is 21.8 Å². The van der Waals surface area contributed by atoms with Crippen LogP contribution in [-0.4, -0.2) is 23.8 Å². The lowest BCUT2D eigenvalue weighted by Gasteiger charge is -2.33. The quantitative estimate of drug-likeness (QED) is 0.204. The Morgan fingerprint density at radius 3 is 1.97 bits per heavy atom. The summed E-state index contributed by atoms with van der Waals surface area (Å²) in [7, 11) is -1.10. The van der Waals surface area contributed by atoms with Crippen LogP contribution in [0.4, 0.5) is 5.69 Å². The van der Waals surface area contributed by atoms with Crippen molar-refractivity contribution < 1.29 is 14.0 Å². The number of benzene rings is 3. The molecule has 0 N–H and O–H groups in total. The molecule has 0 unspecified atom stereocenters. The third-order valence-corrected chi connectivity index (χ3v) is 6.58. The van der Waals surface area contributed by atoms with Crippen LogP contribution in [0.15, 0.2) is 109 Å². The maximum absolute atomic E-state index is 6.45. The highest BCUT2D eigenvalue weighted by Gasteiger charge is 2.35. The molecule has 6 rings (SSSR count). The first-order chi connectivity index (χ1) is 18.8. The Labute approximate surface area is 222 Å².